The number of rotatable bonds is 6. The molecule has 0 aliphatic heterocycles. The molecule has 0 saturated carbocycles. The van der Waals surface area contributed by atoms with Crippen molar-refractivity contribution < 1.29 is 9.47 Å². The molecule has 1 atom stereocenters. The summed E-state index contributed by atoms with van der Waals surface area (Å²) in [4.78, 5) is 1.24. The molecule has 0 aliphatic carbocycles. The van der Waals surface area contributed by atoms with Crippen LogP contribution in [0.2, 0.25) is 0 Å². The molecule has 0 fully saturated rings. The monoisotopic (exact) mass is 241 g/mol. The van der Waals surface area contributed by atoms with Crippen molar-refractivity contribution in [3.05, 3.63) is 24.3 Å². The summed E-state index contributed by atoms with van der Waals surface area (Å²) in [5, 5.41) is 3.36. The summed E-state index contributed by atoms with van der Waals surface area (Å²) < 4.78 is 10.4. The zero-order chi connectivity index (χ0) is 12.0. The Morgan fingerprint density at radius 2 is 1.94 bits per heavy atom. The SMILES string of the molecule is COC(OC)C(C)Nc1cccc(SC)c1. The Morgan fingerprint density at radius 3 is 2.50 bits per heavy atom. The molecule has 1 aromatic rings. The highest BCUT2D eigenvalue weighted by Gasteiger charge is 2.15. The highest BCUT2D eigenvalue weighted by Crippen LogP contribution is 2.20. The van der Waals surface area contributed by atoms with Crippen LogP contribution in [0.4, 0.5) is 5.69 Å². The van der Waals surface area contributed by atoms with Gasteiger partial charge in [-0.1, -0.05) is 6.07 Å². The molecule has 0 saturated heterocycles. The van der Waals surface area contributed by atoms with Gasteiger partial charge in [0.25, 0.3) is 0 Å². The zero-order valence-corrected chi connectivity index (χ0v) is 11.0. The molecule has 3 nitrogen and oxygen atoms in total. The average Bonchev–Trinajstić information content (AvgIpc) is 2.31. The van der Waals surface area contributed by atoms with E-state index in [9.17, 15) is 0 Å². The van der Waals surface area contributed by atoms with Gasteiger partial charge in [0.1, 0.15) is 0 Å². The molecule has 4 heteroatoms. The Hall–Kier alpha value is -0.710. The van der Waals surface area contributed by atoms with Gasteiger partial charge in [-0.25, -0.2) is 0 Å². The van der Waals surface area contributed by atoms with E-state index in [1.54, 1.807) is 26.0 Å². The molecule has 1 aromatic carbocycles. The lowest BCUT2D eigenvalue weighted by Gasteiger charge is -2.23. The van der Waals surface area contributed by atoms with E-state index in [-0.39, 0.29) is 12.3 Å². The largest absolute Gasteiger partial charge is 0.377 e. The van der Waals surface area contributed by atoms with Crippen LogP contribution in [-0.4, -0.2) is 32.8 Å². The Labute approximate surface area is 102 Å². The number of thioether (sulfide) groups is 1. The van der Waals surface area contributed by atoms with Crippen LogP contribution in [0, 0.1) is 0 Å². The molecule has 1 N–H and O–H groups in total. The van der Waals surface area contributed by atoms with Crippen LogP contribution in [0.5, 0.6) is 0 Å². The molecule has 16 heavy (non-hydrogen) atoms. The molecule has 0 heterocycles. The Bertz CT molecular complexity index is 316. The standard InChI is InChI=1S/C12H19NO2S/c1-9(12(14-2)15-3)13-10-6-5-7-11(8-10)16-4/h5-9,12-13H,1-4H3. The van der Waals surface area contributed by atoms with Crippen molar-refractivity contribution in [1.29, 1.82) is 0 Å². The lowest BCUT2D eigenvalue weighted by atomic mass is 10.2. The number of anilines is 1. The number of ether oxygens (including phenoxy) is 2. The smallest absolute Gasteiger partial charge is 0.176 e. The van der Waals surface area contributed by atoms with Gasteiger partial charge in [-0.2, -0.15) is 0 Å². The van der Waals surface area contributed by atoms with E-state index < -0.39 is 0 Å². The van der Waals surface area contributed by atoms with Crippen molar-refractivity contribution in [2.75, 3.05) is 25.8 Å². The minimum absolute atomic E-state index is 0.104. The van der Waals surface area contributed by atoms with E-state index in [2.05, 4.69) is 23.7 Å². The van der Waals surface area contributed by atoms with Crippen LogP contribution in [0.1, 0.15) is 6.92 Å². The van der Waals surface area contributed by atoms with Gasteiger partial charge in [0, 0.05) is 24.8 Å². The first kappa shape index (κ1) is 13.4. The van der Waals surface area contributed by atoms with Crippen molar-refractivity contribution in [1.82, 2.24) is 0 Å². The van der Waals surface area contributed by atoms with E-state index in [1.807, 2.05) is 19.1 Å². The third kappa shape index (κ3) is 3.70. The van der Waals surface area contributed by atoms with Gasteiger partial charge in [0.2, 0.25) is 0 Å². The van der Waals surface area contributed by atoms with Crippen LogP contribution in [0.25, 0.3) is 0 Å². The first-order valence-electron chi connectivity index (χ1n) is 5.17. The fourth-order valence-electron chi connectivity index (χ4n) is 1.55. The number of hydrogen-bond donors (Lipinski definition) is 1. The lowest BCUT2D eigenvalue weighted by molar-refractivity contribution is -0.109. The van der Waals surface area contributed by atoms with Gasteiger partial charge in [0.15, 0.2) is 6.29 Å². The maximum Gasteiger partial charge on any atom is 0.176 e. The van der Waals surface area contributed by atoms with Gasteiger partial charge < -0.3 is 14.8 Å². The molecule has 1 rings (SSSR count). The second-order valence-electron chi connectivity index (χ2n) is 3.50. The van der Waals surface area contributed by atoms with Crippen molar-refractivity contribution >= 4 is 17.4 Å². The van der Waals surface area contributed by atoms with Crippen LogP contribution in [-0.2, 0) is 9.47 Å². The van der Waals surface area contributed by atoms with Crippen LogP contribution in [0.15, 0.2) is 29.2 Å². The summed E-state index contributed by atoms with van der Waals surface area (Å²) in [6.07, 6.45) is 1.83. The van der Waals surface area contributed by atoms with Crippen molar-refractivity contribution in [3.8, 4) is 0 Å². The molecule has 0 radical (unpaired) electrons. The van der Waals surface area contributed by atoms with E-state index in [0.717, 1.165) is 5.69 Å². The lowest BCUT2D eigenvalue weighted by Crippen LogP contribution is -2.33. The van der Waals surface area contributed by atoms with E-state index in [0.29, 0.717) is 0 Å². The van der Waals surface area contributed by atoms with E-state index in [4.69, 9.17) is 9.47 Å². The molecule has 90 valence electrons. The molecule has 0 amide bonds. The van der Waals surface area contributed by atoms with E-state index in [1.165, 1.54) is 4.90 Å². The zero-order valence-electron chi connectivity index (χ0n) is 10.2. The fourth-order valence-corrected chi connectivity index (χ4v) is 2.01. The van der Waals surface area contributed by atoms with Gasteiger partial charge in [-0.05, 0) is 31.4 Å². The summed E-state index contributed by atoms with van der Waals surface area (Å²) >= 11 is 1.73. The predicted octanol–water partition coefficient (Wildman–Crippen LogP) is 2.83. The molecule has 1 unspecified atom stereocenters. The normalized spacial score (nSPS) is 12.8. The summed E-state index contributed by atoms with van der Waals surface area (Å²) in [6.45, 7) is 2.03. The summed E-state index contributed by atoms with van der Waals surface area (Å²) in [7, 11) is 3.29. The van der Waals surface area contributed by atoms with Gasteiger partial charge in [0.05, 0.1) is 6.04 Å². The fraction of sp³-hybridized carbons (Fsp3) is 0.500. The average molecular weight is 241 g/mol. The van der Waals surface area contributed by atoms with Crippen molar-refractivity contribution in [2.45, 2.75) is 24.2 Å². The number of methoxy groups -OCH3 is 2. The molecule has 0 spiro atoms. The second kappa shape index (κ2) is 6.78. The molecule has 0 aliphatic rings. The first-order chi connectivity index (χ1) is 7.71. The molecule has 0 bridgehead atoms. The quantitative estimate of drug-likeness (QED) is 0.613. The Balaban J connectivity index is 2.64. The first-order valence-corrected chi connectivity index (χ1v) is 6.40. The van der Waals surface area contributed by atoms with Crippen molar-refractivity contribution in [2.24, 2.45) is 0 Å². The maximum atomic E-state index is 5.20. The highest BCUT2D eigenvalue weighted by molar-refractivity contribution is 7.98. The number of hydrogen-bond acceptors (Lipinski definition) is 4. The second-order valence-corrected chi connectivity index (χ2v) is 4.38. The van der Waals surface area contributed by atoms with Gasteiger partial charge in [-0.15, -0.1) is 11.8 Å². The molecular weight excluding hydrogens is 222 g/mol. The summed E-state index contributed by atoms with van der Waals surface area (Å²) in [5.74, 6) is 0. The summed E-state index contributed by atoms with van der Waals surface area (Å²) in [6, 6.07) is 8.38. The van der Waals surface area contributed by atoms with Crippen molar-refractivity contribution in [3.63, 3.8) is 0 Å². The van der Waals surface area contributed by atoms with E-state index >= 15 is 0 Å². The van der Waals surface area contributed by atoms with Crippen LogP contribution >= 0.6 is 11.8 Å². The Morgan fingerprint density at radius 1 is 1.25 bits per heavy atom. The topological polar surface area (TPSA) is 30.5 Å². The number of nitrogens with one attached hydrogen (secondary N) is 1. The molecule has 0 aromatic heterocycles. The highest BCUT2D eigenvalue weighted by atomic mass is 32.2. The minimum Gasteiger partial charge on any atom is -0.377 e. The van der Waals surface area contributed by atoms with Crippen LogP contribution < -0.4 is 5.32 Å². The van der Waals surface area contributed by atoms with Gasteiger partial charge >= 0.3 is 0 Å². The number of benzene rings is 1. The van der Waals surface area contributed by atoms with Gasteiger partial charge in [-0.3, -0.25) is 0 Å². The predicted molar refractivity (Wildman–Crippen MR) is 69.1 cm³/mol. The Kier molecular flexibility index (Phi) is 5.66. The maximum absolute atomic E-state index is 5.20. The molecular formula is C12H19NO2S. The van der Waals surface area contributed by atoms with Crippen LogP contribution in [0.3, 0.4) is 0 Å². The third-order valence-corrected chi connectivity index (χ3v) is 3.06. The summed E-state index contributed by atoms with van der Waals surface area (Å²) in [5.41, 5.74) is 1.08. The minimum atomic E-state index is -0.238. The third-order valence-electron chi connectivity index (χ3n) is 2.34.